The summed E-state index contributed by atoms with van der Waals surface area (Å²) in [5, 5.41) is 3.78. The average molecular weight is 280 g/mol. The molecule has 2 heteroatoms. The number of likely N-dealkylation sites (N-methyl/N-ethyl adjacent to an activating group) is 1. The molecule has 1 saturated heterocycles. The van der Waals surface area contributed by atoms with E-state index in [0.29, 0.717) is 11.5 Å². The van der Waals surface area contributed by atoms with Crippen molar-refractivity contribution < 1.29 is 0 Å². The standard InChI is InChI=1S/C18H36N2/c1-7-19-16-8-9-18(5,6)11-17(16)20-12-13(2)10-14(3)15(20)4/h13-17,19H,7-12H2,1-6H3. The Morgan fingerprint density at radius 3 is 2.55 bits per heavy atom. The van der Waals surface area contributed by atoms with Gasteiger partial charge in [0.15, 0.2) is 0 Å². The van der Waals surface area contributed by atoms with Crippen LogP contribution in [-0.4, -0.2) is 36.1 Å². The Balaban J connectivity index is 2.15. The first kappa shape index (κ1) is 16.3. The highest BCUT2D eigenvalue weighted by Gasteiger charge is 2.41. The number of hydrogen-bond donors (Lipinski definition) is 1. The minimum atomic E-state index is 0.514. The van der Waals surface area contributed by atoms with E-state index in [2.05, 4.69) is 51.8 Å². The first-order valence-corrected chi connectivity index (χ1v) is 8.83. The average Bonchev–Trinajstić information content (AvgIpc) is 2.36. The van der Waals surface area contributed by atoms with Crippen LogP contribution in [0.25, 0.3) is 0 Å². The second-order valence-electron chi connectivity index (χ2n) is 8.39. The Hall–Kier alpha value is -0.0800. The van der Waals surface area contributed by atoms with Crippen LogP contribution in [0.5, 0.6) is 0 Å². The first-order chi connectivity index (χ1) is 9.34. The normalized spacial score (nSPS) is 42.6. The fourth-order valence-electron chi connectivity index (χ4n) is 4.59. The molecule has 2 nitrogen and oxygen atoms in total. The molecule has 1 aliphatic carbocycles. The van der Waals surface area contributed by atoms with Crippen LogP contribution >= 0.6 is 0 Å². The Morgan fingerprint density at radius 1 is 1.20 bits per heavy atom. The number of likely N-dealkylation sites (tertiary alicyclic amines) is 1. The molecular weight excluding hydrogens is 244 g/mol. The van der Waals surface area contributed by atoms with Crippen molar-refractivity contribution in [3.05, 3.63) is 0 Å². The van der Waals surface area contributed by atoms with Crippen molar-refractivity contribution in [1.29, 1.82) is 0 Å². The van der Waals surface area contributed by atoms with Crippen LogP contribution in [0.15, 0.2) is 0 Å². The molecule has 2 rings (SSSR count). The number of nitrogens with one attached hydrogen (secondary N) is 1. The summed E-state index contributed by atoms with van der Waals surface area (Å²) in [6.45, 7) is 16.9. The summed E-state index contributed by atoms with van der Waals surface area (Å²) >= 11 is 0. The van der Waals surface area contributed by atoms with Gasteiger partial charge in [-0.15, -0.1) is 0 Å². The van der Waals surface area contributed by atoms with Crippen LogP contribution in [-0.2, 0) is 0 Å². The Labute approximate surface area is 126 Å². The van der Waals surface area contributed by atoms with Gasteiger partial charge in [-0.2, -0.15) is 0 Å². The van der Waals surface area contributed by atoms with Crippen LogP contribution in [0, 0.1) is 17.3 Å². The molecule has 0 aromatic rings. The van der Waals surface area contributed by atoms with Crippen LogP contribution in [0.1, 0.15) is 67.2 Å². The van der Waals surface area contributed by atoms with E-state index in [4.69, 9.17) is 0 Å². The van der Waals surface area contributed by atoms with Crippen molar-refractivity contribution in [3.63, 3.8) is 0 Å². The van der Waals surface area contributed by atoms with E-state index in [0.717, 1.165) is 30.5 Å². The number of nitrogens with zero attached hydrogens (tertiary/aromatic N) is 1. The zero-order valence-corrected chi connectivity index (χ0v) is 14.6. The van der Waals surface area contributed by atoms with Crippen molar-refractivity contribution in [3.8, 4) is 0 Å². The molecule has 0 aromatic heterocycles. The summed E-state index contributed by atoms with van der Waals surface area (Å²) in [4.78, 5) is 2.85. The van der Waals surface area contributed by atoms with Gasteiger partial charge in [0.2, 0.25) is 0 Å². The lowest BCUT2D eigenvalue weighted by atomic mass is 9.71. The maximum atomic E-state index is 3.78. The quantitative estimate of drug-likeness (QED) is 0.843. The molecular formula is C18H36N2. The molecule has 1 aliphatic heterocycles. The Kier molecular flexibility index (Phi) is 5.18. The first-order valence-electron chi connectivity index (χ1n) is 8.83. The van der Waals surface area contributed by atoms with Crippen LogP contribution < -0.4 is 5.32 Å². The molecule has 0 bridgehead atoms. The predicted molar refractivity (Wildman–Crippen MR) is 88.0 cm³/mol. The fraction of sp³-hybridized carbons (Fsp3) is 1.00. The minimum Gasteiger partial charge on any atom is -0.313 e. The predicted octanol–water partition coefficient (Wildman–Crippen LogP) is 3.91. The second-order valence-corrected chi connectivity index (χ2v) is 8.39. The second kappa shape index (κ2) is 6.36. The van der Waals surface area contributed by atoms with Crippen molar-refractivity contribution in [1.82, 2.24) is 10.2 Å². The topological polar surface area (TPSA) is 15.3 Å². The Bertz CT molecular complexity index is 313. The molecule has 1 saturated carbocycles. The van der Waals surface area contributed by atoms with E-state index in [9.17, 15) is 0 Å². The van der Waals surface area contributed by atoms with Gasteiger partial charge < -0.3 is 5.32 Å². The van der Waals surface area contributed by atoms with Gasteiger partial charge in [0.25, 0.3) is 0 Å². The molecule has 5 atom stereocenters. The van der Waals surface area contributed by atoms with Crippen molar-refractivity contribution in [2.24, 2.45) is 17.3 Å². The van der Waals surface area contributed by atoms with Gasteiger partial charge in [-0.05, 0) is 56.4 Å². The van der Waals surface area contributed by atoms with Crippen molar-refractivity contribution in [2.75, 3.05) is 13.1 Å². The molecule has 2 fully saturated rings. The lowest BCUT2D eigenvalue weighted by Crippen LogP contribution is -2.60. The summed E-state index contributed by atoms with van der Waals surface area (Å²) in [6, 6.07) is 2.18. The fourth-order valence-corrected chi connectivity index (χ4v) is 4.59. The van der Waals surface area contributed by atoms with E-state index < -0.39 is 0 Å². The lowest BCUT2D eigenvalue weighted by molar-refractivity contribution is -0.0123. The largest absolute Gasteiger partial charge is 0.313 e. The lowest BCUT2D eigenvalue weighted by Gasteiger charge is -2.52. The molecule has 5 unspecified atom stereocenters. The molecule has 0 aromatic carbocycles. The number of rotatable bonds is 3. The third kappa shape index (κ3) is 3.57. The summed E-state index contributed by atoms with van der Waals surface area (Å²) in [5.41, 5.74) is 0.514. The molecule has 2 aliphatic rings. The number of hydrogen-bond acceptors (Lipinski definition) is 2. The highest BCUT2D eigenvalue weighted by atomic mass is 15.2. The van der Waals surface area contributed by atoms with E-state index in [1.807, 2.05) is 0 Å². The van der Waals surface area contributed by atoms with E-state index >= 15 is 0 Å². The van der Waals surface area contributed by atoms with Crippen LogP contribution in [0.2, 0.25) is 0 Å². The van der Waals surface area contributed by atoms with Crippen molar-refractivity contribution in [2.45, 2.75) is 85.4 Å². The molecule has 0 spiro atoms. The maximum absolute atomic E-state index is 3.78. The van der Waals surface area contributed by atoms with Gasteiger partial charge in [0.05, 0.1) is 0 Å². The van der Waals surface area contributed by atoms with E-state index in [-0.39, 0.29) is 0 Å². The highest BCUT2D eigenvalue weighted by molar-refractivity contribution is 4.98. The zero-order valence-electron chi connectivity index (χ0n) is 14.6. The van der Waals surface area contributed by atoms with E-state index in [1.165, 1.54) is 32.2 Å². The summed E-state index contributed by atoms with van der Waals surface area (Å²) < 4.78 is 0. The molecule has 0 amide bonds. The van der Waals surface area contributed by atoms with Gasteiger partial charge >= 0.3 is 0 Å². The molecule has 20 heavy (non-hydrogen) atoms. The molecule has 0 radical (unpaired) electrons. The van der Waals surface area contributed by atoms with Crippen LogP contribution in [0.3, 0.4) is 0 Å². The van der Waals surface area contributed by atoms with Gasteiger partial charge in [0, 0.05) is 24.7 Å². The van der Waals surface area contributed by atoms with Gasteiger partial charge in [-0.25, -0.2) is 0 Å². The third-order valence-electron chi connectivity index (χ3n) is 5.89. The monoisotopic (exact) mass is 280 g/mol. The van der Waals surface area contributed by atoms with E-state index in [1.54, 1.807) is 0 Å². The molecule has 118 valence electrons. The SMILES string of the molecule is CCNC1CCC(C)(C)CC1N1CC(C)CC(C)C1C. The highest BCUT2D eigenvalue weighted by Crippen LogP contribution is 2.40. The van der Waals surface area contributed by atoms with Gasteiger partial charge in [-0.1, -0.05) is 34.6 Å². The van der Waals surface area contributed by atoms with Gasteiger partial charge in [-0.3, -0.25) is 4.90 Å². The molecule has 1 heterocycles. The summed E-state index contributed by atoms with van der Waals surface area (Å²) in [5.74, 6) is 1.69. The smallest absolute Gasteiger partial charge is 0.0257 e. The third-order valence-corrected chi connectivity index (χ3v) is 5.89. The molecule has 1 N–H and O–H groups in total. The maximum Gasteiger partial charge on any atom is 0.0257 e. The van der Waals surface area contributed by atoms with Crippen LogP contribution in [0.4, 0.5) is 0 Å². The minimum absolute atomic E-state index is 0.514. The summed E-state index contributed by atoms with van der Waals surface area (Å²) in [6.07, 6.45) is 5.47. The summed E-state index contributed by atoms with van der Waals surface area (Å²) in [7, 11) is 0. The zero-order chi connectivity index (χ0) is 14.9. The Morgan fingerprint density at radius 2 is 1.90 bits per heavy atom. The number of piperidine rings is 1. The van der Waals surface area contributed by atoms with Gasteiger partial charge in [0.1, 0.15) is 0 Å². The van der Waals surface area contributed by atoms with Crippen molar-refractivity contribution >= 4 is 0 Å².